The van der Waals surface area contributed by atoms with E-state index in [2.05, 4.69) is 0 Å². The van der Waals surface area contributed by atoms with Crippen molar-refractivity contribution >= 4 is 11.0 Å². The van der Waals surface area contributed by atoms with Crippen LogP contribution in [0.1, 0.15) is 23.8 Å². The number of phenolic OH excluding ortho intramolecular Hbond substituents is 1. The molecule has 0 atom stereocenters. The number of hydrogen-bond donors (Lipinski definition) is 1. The normalized spacial score (nSPS) is 10.9. The number of aromatic hydroxyl groups is 1. The summed E-state index contributed by atoms with van der Waals surface area (Å²) in [6.07, 6.45) is 0.515. The topological polar surface area (TPSA) is 59.7 Å². The Balaban J connectivity index is 2.18. The van der Waals surface area contributed by atoms with Crippen molar-refractivity contribution in [2.75, 3.05) is 0 Å². The van der Waals surface area contributed by atoms with Gasteiger partial charge in [0.25, 0.3) is 0 Å². The Morgan fingerprint density at radius 1 is 1.09 bits per heavy atom. The van der Waals surface area contributed by atoms with Crippen LogP contribution in [0.5, 0.6) is 17.2 Å². The maximum absolute atomic E-state index is 12.7. The monoisotopic (exact) mass is 310 g/mol. The fourth-order valence-corrected chi connectivity index (χ4v) is 2.66. The van der Waals surface area contributed by atoms with Gasteiger partial charge in [-0.2, -0.15) is 0 Å². The summed E-state index contributed by atoms with van der Waals surface area (Å²) in [7, 11) is 0. The molecule has 0 saturated heterocycles. The Hall–Kier alpha value is -2.75. The summed E-state index contributed by atoms with van der Waals surface area (Å²) in [5, 5.41) is 9.95. The van der Waals surface area contributed by atoms with E-state index in [-0.39, 0.29) is 16.9 Å². The third-order valence-electron chi connectivity index (χ3n) is 3.64. The van der Waals surface area contributed by atoms with E-state index in [1.165, 1.54) is 12.1 Å². The van der Waals surface area contributed by atoms with Gasteiger partial charge in [-0.05, 0) is 49.2 Å². The molecule has 4 nitrogen and oxygen atoms in total. The highest BCUT2D eigenvalue weighted by Gasteiger charge is 2.16. The van der Waals surface area contributed by atoms with Gasteiger partial charge in [0.2, 0.25) is 11.2 Å². The molecule has 0 radical (unpaired) electrons. The minimum atomic E-state index is -0.234. The standard InChI is InChI=1S/C19H18O4/c1-4-16-19(22-14-8-11(2)7-12(3)9-14)18(21)15-6-5-13(20)10-17(15)23-16/h5-10,20H,4H2,1-3H3. The Morgan fingerprint density at radius 2 is 1.78 bits per heavy atom. The van der Waals surface area contributed by atoms with Crippen molar-refractivity contribution in [1.82, 2.24) is 0 Å². The summed E-state index contributed by atoms with van der Waals surface area (Å²) in [4.78, 5) is 12.7. The van der Waals surface area contributed by atoms with E-state index in [1.54, 1.807) is 6.07 Å². The SMILES string of the molecule is CCc1oc2cc(O)ccc2c(=O)c1Oc1cc(C)cc(C)c1. The van der Waals surface area contributed by atoms with Crippen LogP contribution in [0.2, 0.25) is 0 Å². The molecule has 118 valence electrons. The molecular weight excluding hydrogens is 292 g/mol. The molecule has 0 aliphatic rings. The Morgan fingerprint density at radius 3 is 2.43 bits per heavy atom. The second kappa shape index (κ2) is 5.80. The largest absolute Gasteiger partial charge is 0.508 e. The minimum Gasteiger partial charge on any atom is -0.508 e. The Kier molecular flexibility index (Phi) is 3.82. The Labute approximate surface area is 134 Å². The molecule has 2 aromatic carbocycles. The van der Waals surface area contributed by atoms with E-state index in [9.17, 15) is 9.90 Å². The molecule has 0 aliphatic heterocycles. The fourth-order valence-electron chi connectivity index (χ4n) is 2.66. The highest BCUT2D eigenvalue weighted by atomic mass is 16.5. The number of ether oxygens (including phenoxy) is 1. The van der Waals surface area contributed by atoms with E-state index < -0.39 is 0 Å². The van der Waals surface area contributed by atoms with E-state index >= 15 is 0 Å². The number of benzene rings is 2. The molecule has 3 rings (SSSR count). The van der Waals surface area contributed by atoms with Crippen LogP contribution in [0.25, 0.3) is 11.0 Å². The number of fused-ring (bicyclic) bond motifs is 1. The second-order valence-electron chi connectivity index (χ2n) is 5.64. The minimum absolute atomic E-state index is 0.0608. The van der Waals surface area contributed by atoms with Crippen LogP contribution in [-0.2, 0) is 6.42 Å². The molecule has 1 aromatic heterocycles. The molecule has 23 heavy (non-hydrogen) atoms. The van der Waals surface area contributed by atoms with Crippen molar-refractivity contribution in [2.24, 2.45) is 0 Å². The highest BCUT2D eigenvalue weighted by Crippen LogP contribution is 2.28. The summed E-state index contributed by atoms with van der Waals surface area (Å²) in [6, 6.07) is 10.3. The third-order valence-corrected chi connectivity index (χ3v) is 3.64. The molecule has 4 heteroatoms. The zero-order valence-corrected chi connectivity index (χ0v) is 13.3. The summed E-state index contributed by atoms with van der Waals surface area (Å²) < 4.78 is 11.6. The van der Waals surface area contributed by atoms with Crippen LogP contribution < -0.4 is 10.2 Å². The van der Waals surface area contributed by atoms with Crippen LogP contribution >= 0.6 is 0 Å². The van der Waals surface area contributed by atoms with E-state index in [0.29, 0.717) is 28.9 Å². The highest BCUT2D eigenvalue weighted by molar-refractivity contribution is 5.79. The van der Waals surface area contributed by atoms with Gasteiger partial charge in [-0.3, -0.25) is 4.79 Å². The van der Waals surface area contributed by atoms with Gasteiger partial charge in [-0.25, -0.2) is 0 Å². The van der Waals surface area contributed by atoms with Gasteiger partial charge in [-0.1, -0.05) is 13.0 Å². The molecule has 0 aliphatic carbocycles. The number of phenols is 1. The average Bonchev–Trinajstić information content (AvgIpc) is 2.48. The molecule has 0 bridgehead atoms. The van der Waals surface area contributed by atoms with Gasteiger partial charge in [-0.15, -0.1) is 0 Å². The van der Waals surface area contributed by atoms with E-state index in [4.69, 9.17) is 9.15 Å². The van der Waals surface area contributed by atoms with Gasteiger partial charge in [0, 0.05) is 12.5 Å². The lowest BCUT2D eigenvalue weighted by Gasteiger charge is -2.11. The molecule has 0 amide bonds. The fraction of sp³-hybridized carbons (Fsp3) is 0.211. The van der Waals surface area contributed by atoms with Crippen molar-refractivity contribution in [3.8, 4) is 17.2 Å². The van der Waals surface area contributed by atoms with Crippen LogP contribution in [0.15, 0.2) is 45.6 Å². The number of aryl methyl sites for hydroxylation is 3. The molecule has 0 unspecified atom stereocenters. The van der Waals surface area contributed by atoms with Gasteiger partial charge in [0.15, 0.2) is 5.76 Å². The van der Waals surface area contributed by atoms with E-state index in [1.807, 2.05) is 39.0 Å². The summed E-state index contributed by atoms with van der Waals surface area (Å²) in [5.74, 6) is 1.34. The summed E-state index contributed by atoms with van der Waals surface area (Å²) in [6.45, 7) is 5.85. The molecular formula is C19H18O4. The Bertz CT molecular complexity index is 918. The lowest BCUT2D eigenvalue weighted by atomic mass is 10.1. The van der Waals surface area contributed by atoms with Crippen molar-refractivity contribution < 1.29 is 14.3 Å². The van der Waals surface area contributed by atoms with E-state index in [0.717, 1.165) is 11.1 Å². The zero-order valence-electron chi connectivity index (χ0n) is 13.3. The molecule has 1 N–H and O–H groups in total. The van der Waals surface area contributed by atoms with Gasteiger partial charge >= 0.3 is 0 Å². The smallest absolute Gasteiger partial charge is 0.235 e. The lowest BCUT2D eigenvalue weighted by molar-refractivity contribution is 0.426. The zero-order chi connectivity index (χ0) is 16.6. The molecule has 0 saturated carbocycles. The first-order valence-electron chi connectivity index (χ1n) is 7.52. The van der Waals surface area contributed by atoms with Crippen LogP contribution in [0, 0.1) is 13.8 Å². The van der Waals surface area contributed by atoms with Crippen LogP contribution in [0.3, 0.4) is 0 Å². The maximum Gasteiger partial charge on any atom is 0.235 e. The number of rotatable bonds is 3. The van der Waals surface area contributed by atoms with Gasteiger partial charge in [0.1, 0.15) is 17.1 Å². The quantitative estimate of drug-likeness (QED) is 0.775. The summed E-state index contributed by atoms with van der Waals surface area (Å²) >= 11 is 0. The van der Waals surface area contributed by atoms with Gasteiger partial charge < -0.3 is 14.3 Å². The first-order chi connectivity index (χ1) is 11.0. The number of hydrogen-bond acceptors (Lipinski definition) is 4. The predicted molar refractivity (Wildman–Crippen MR) is 89.5 cm³/mol. The average molecular weight is 310 g/mol. The lowest BCUT2D eigenvalue weighted by Crippen LogP contribution is -2.08. The molecule has 0 spiro atoms. The van der Waals surface area contributed by atoms with Gasteiger partial charge in [0.05, 0.1) is 5.39 Å². The van der Waals surface area contributed by atoms with Crippen molar-refractivity contribution in [1.29, 1.82) is 0 Å². The summed E-state index contributed by atoms with van der Waals surface area (Å²) in [5.41, 5.74) is 2.25. The third kappa shape index (κ3) is 2.93. The van der Waals surface area contributed by atoms with Crippen LogP contribution in [-0.4, -0.2) is 5.11 Å². The first kappa shape index (κ1) is 15.2. The van der Waals surface area contributed by atoms with Crippen LogP contribution in [0.4, 0.5) is 0 Å². The second-order valence-corrected chi connectivity index (χ2v) is 5.64. The predicted octanol–water partition coefficient (Wildman–Crippen LogP) is 4.47. The molecule has 1 heterocycles. The molecule has 0 fully saturated rings. The van der Waals surface area contributed by atoms with Crippen molar-refractivity contribution in [2.45, 2.75) is 27.2 Å². The first-order valence-corrected chi connectivity index (χ1v) is 7.52. The molecule has 3 aromatic rings. The maximum atomic E-state index is 12.7. The van der Waals surface area contributed by atoms with Crippen molar-refractivity contribution in [3.05, 3.63) is 63.5 Å². The van der Waals surface area contributed by atoms with Crippen molar-refractivity contribution in [3.63, 3.8) is 0 Å².